The molecule has 0 bridgehead atoms. The van der Waals surface area contributed by atoms with Crippen LogP contribution in [-0.2, 0) is 0 Å². The quantitative estimate of drug-likeness (QED) is 0.511. The monoisotopic (exact) mass is 124 g/mol. The summed E-state index contributed by atoms with van der Waals surface area (Å²) < 4.78 is 0. The van der Waals surface area contributed by atoms with Crippen LogP contribution in [0.1, 0.15) is 19.3 Å². The highest BCUT2D eigenvalue weighted by atomic mass is 16.3. The summed E-state index contributed by atoms with van der Waals surface area (Å²) in [5.74, 6) is 3.76. The first-order chi connectivity index (χ1) is 4.38. The number of hydrogen-bond acceptors (Lipinski definition) is 1. The van der Waals surface area contributed by atoms with Crippen LogP contribution >= 0.6 is 0 Å². The Balaban J connectivity index is 1.96. The predicted molar refractivity (Wildman–Crippen MR) is 33.8 cm³/mol. The summed E-state index contributed by atoms with van der Waals surface area (Å²) in [6, 6.07) is 0. The molecule has 0 radical (unpaired) electrons. The summed E-state index contributed by atoms with van der Waals surface area (Å²) >= 11 is 0. The first-order valence-electron chi connectivity index (χ1n) is 4.06. The van der Waals surface area contributed by atoms with E-state index < -0.39 is 0 Å². The van der Waals surface area contributed by atoms with Crippen molar-refractivity contribution in [2.75, 3.05) is 0 Å². The largest absolute Gasteiger partial charge is 0.393 e. The van der Waals surface area contributed by atoms with Crippen LogP contribution in [-0.4, -0.2) is 11.2 Å². The zero-order valence-corrected chi connectivity index (χ0v) is 5.46. The molecule has 3 fully saturated rings. The second kappa shape index (κ2) is 1.20. The first kappa shape index (κ1) is 4.73. The maximum atomic E-state index is 9.42. The van der Waals surface area contributed by atoms with E-state index in [1.54, 1.807) is 0 Å². The lowest BCUT2D eigenvalue weighted by Gasteiger charge is -2.09. The first-order valence-corrected chi connectivity index (χ1v) is 4.06. The van der Waals surface area contributed by atoms with Gasteiger partial charge in [-0.05, 0) is 42.9 Å². The lowest BCUT2D eigenvalue weighted by Crippen LogP contribution is -2.13. The van der Waals surface area contributed by atoms with Gasteiger partial charge in [-0.15, -0.1) is 0 Å². The molecule has 3 rings (SSSR count). The van der Waals surface area contributed by atoms with Crippen molar-refractivity contribution in [3.63, 3.8) is 0 Å². The number of rotatable bonds is 0. The van der Waals surface area contributed by atoms with Crippen LogP contribution in [0.15, 0.2) is 0 Å². The Bertz CT molecular complexity index is 155. The van der Waals surface area contributed by atoms with E-state index in [-0.39, 0.29) is 6.10 Å². The fraction of sp³-hybridized carbons (Fsp3) is 1.00. The van der Waals surface area contributed by atoms with E-state index in [4.69, 9.17) is 0 Å². The molecule has 9 heavy (non-hydrogen) atoms. The van der Waals surface area contributed by atoms with Gasteiger partial charge in [0, 0.05) is 0 Å². The van der Waals surface area contributed by atoms with Gasteiger partial charge in [0.1, 0.15) is 0 Å². The van der Waals surface area contributed by atoms with E-state index in [1.165, 1.54) is 12.8 Å². The van der Waals surface area contributed by atoms with Crippen molar-refractivity contribution >= 4 is 0 Å². The fourth-order valence-corrected chi connectivity index (χ4v) is 3.33. The van der Waals surface area contributed by atoms with Crippen LogP contribution in [0.4, 0.5) is 0 Å². The summed E-state index contributed by atoms with van der Waals surface area (Å²) in [6.07, 6.45) is 3.99. The zero-order valence-electron chi connectivity index (χ0n) is 5.46. The summed E-state index contributed by atoms with van der Waals surface area (Å²) in [5.41, 5.74) is 0. The van der Waals surface area contributed by atoms with Crippen LogP contribution in [0.5, 0.6) is 0 Å². The third kappa shape index (κ3) is 0.389. The molecule has 1 unspecified atom stereocenters. The number of aliphatic hydroxyl groups is 1. The number of hydrogen-bond donors (Lipinski definition) is 1. The van der Waals surface area contributed by atoms with Gasteiger partial charge >= 0.3 is 0 Å². The Morgan fingerprint density at radius 2 is 1.78 bits per heavy atom. The van der Waals surface area contributed by atoms with Gasteiger partial charge in [0.05, 0.1) is 6.10 Å². The maximum Gasteiger partial charge on any atom is 0.0574 e. The second-order valence-corrected chi connectivity index (χ2v) is 3.95. The normalized spacial score (nSPS) is 68.3. The summed E-state index contributed by atoms with van der Waals surface area (Å²) in [4.78, 5) is 0. The van der Waals surface area contributed by atoms with Crippen molar-refractivity contribution in [2.45, 2.75) is 25.4 Å². The average molecular weight is 124 g/mol. The Hall–Kier alpha value is -0.0400. The Labute approximate surface area is 55.1 Å². The Morgan fingerprint density at radius 3 is 2.44 bits per heavy atom. The molecule has 1 heteroatoms. The lowest BCUT2D eigenvalue weighted by atomic mass is 10.0. The van der Waals surface area contributed by atoms with Crippen molar-refractivity contribution in [3.05, 3.63) is 0 Å². The van der Waals surface area contributed by atoms with Crippen LogP contribution in [0.3, 0.4) is 0 Å². The van der Waals surface area contributed by atoms with Gasteiger partial charge in [-0.1, -0.05) is 0 Å². The Kier molecular flexibility index (Phi) is 0.628. The van der Waals surface area contributed by atoms with Crippen molar-refractivity contribution < 1.29 is 5.11 Å². The smallest absolute Gasteiger partial charge is 0.0574 e. The predicted octanol–water partition coefficient (Wildman–Crippen LogP) is 1.02. The molecule has 50 valence electrons. The molecule has 0 spiro atoms. The summed E-state index contributed by atoms with van der Waals surface area (Å²) in [5, 5.41) is 9.42. The van der Waals surface area contributed by atoms with Gasteiger partial charge in [-0.2, -0.15) is 0 Å². The molecule has 0 aromatic carbocycles. The molecule has 1 nitrogen and oxygen atoms in total. The van der Waals surface area contributed by atoms with Gasteiger partial charge < -0.3 is 5.11 Å². The molecule has 5 atom stereocenters. The topological polar surface area (TPSA) is 20.2 Å². The van der Waals surface area contributed by atoms with E-state index in [1.807, 2.05) is 0 Å². The van der Waals surface area contributed by atoms with Crippen molar-refractivity contribution in [1.29, 1.82) is 0 Å². The molecular formula is C8H12O. The molecule has 0 aromatic rings. The van der Waals surface area contributed by atoms with Crippen LogP contribution in [0, 0.1) is 23.7 Å². The molecule has 0 heterocycles. The minimum absolute atomic E-state index is 0.0961. The Morgan fingerprint density at radius 1 is 1.00 bits per heavy atom. The van der Waals surface area contributed by atoms with Crippen molar-refractivity contribution in [2.24, 2.45) is 23.7 Å². The van der Waals surface area contributed by atoms with E-state index in [2.05, 4.69) is 0 Å². The SMILES string of the molecule is O[C@@H]1C[C@@H]2C3[C@H]1CC[C@@H]32. The van der Waals surface area contributed by atoms with Gasteiger partial charge in [0.15, 0.2) is 0 Å². The molecular weight excluding hydrogens is 112 g/mol. The van der Waals surface area contributed by atoms with Gasteiger partial charge in [-0.25, -0.2) is 0 Å². The third-order valence-electron chi connectivity index (χ3n) is 3.73. The fourth-order valence-electron chi connectivity index (χ4n) is 3.33. The summed E-state index contributed by atoms with van der Waals surface area (Å²) in [7, 11) is 0. The maximum absolute atomic E-state index is 9.42. The third-order valence-corrected chi connectivity index (χ3v) is 3.73. The second-order valence-electron chi connectivity index (χ2n) is 3.95. The van der Waals surface area contributed by atoms with Gasteiger partial charge in [0.25, 0.3) is 0 Å². The molecule has 0 amide bonds. The summed E-state index contributed by atoms with van der Waals surface area (Å²) in [6.45, 7) is 0. The molecule has 0 saturated heterocycles. The molecule has 1 N–H and O–H groups in total. The van der Waals surface area contributed by atoms with Gasteiger partial charge in [-0.3, -0.25) is 0 Å². The highest BCUT2D eigenvalue weighted by molar-refractivity contribution is 5.13. The standard InChI is InChI=1S/C8H12O/c9-7-3-6-4-1-2-5(7)8(4)6/h4-9H,1-3H2/t4-,5+,6+,7-,8?/m1/s1. The lowest BCUT2D eigenvalue weighted by molar-refractivity contribution is 0.121. The van der Waals surface area contributed by atoms with Crippen LogP contribution < -0.4 is 0 Å². The molecule has 3 aliphatic carbocycles. The average Bonchev–Trinajstić information content (AvgIpc) is 2.30. The van der Waals surface area contributed by atoms with E-state index in [0.717, 1.165) is 30.1 Å². The molecule has 0 aliphatic heterocycles. The number of fused-ring (bicyclic) bond motifs is 1. The van der Waals surface area contributed by atoms with Crippen molar-refractivity contribution in [1.82, 2.24) is 0 Å². The van der Waals surface area contributed by atoms with Crippen LogP contribution in [0.25, 0.3) is 0 Å². The van der Waals surface area contributed by atoms with E-state index >= 15 is 0 Å². The minimum Gasteiger partial charge on any atom is -0.393 e. The van der Waals surface area contributed by atoms with E-state index in [0.29, 0.717) is 0 Å². The van der Waals surface area contributed by atoms with Crippen LogP contribution in [0.2, 0.25) is 0 Å². The molecule has 3 saturated carbocycles. The van der Waals surface area contributed by atoms with E-state index in [9.17, 15) is 5.11 Å². The zero-order chi connectivity index (χ0) is 6.01. The highest BCUT2D eigenvalue weighted by Gasteiger charge is 2.64. The number of aliphatic hydroxyl groups excluding tert-OH is 1. The molecule has 3 aliphatic rings. The molecule has 0 aromatic heterocycles. The minimum atomic E-state index is 0.0961. The highest BCUT2D eigenvalue weighted by Crippen LogP contribution is 2.68. The van der Waals surface area contributed by atoms with Crippen molar-refractivity contribution in [3.8, 4) is 0 Å². The van der Waals surface area contributed by atoms with Gasteiger partial charge in [0.2, 0.25) is 0 Å².